The van der Waals surface area contributed by atoms with Gasteiger partial charge in [0.2, 0.25) is 11.8 Å². The highest BCUT2D eigenvalue weighted by Crippen LogP contribution is 2.24. The van der Waals surface area contributed by atoms with E-state index in [2.05, 4.69) is 15.6 Å². The third kappa shape index (κ3) is 8.71. The van der Waals surface area contributed by atoms with E-state index < -0.39 is 46.9 Å². The quantitative estimate of drug-likeness (QED) is 0.284. The van der Waals surface area contributed by atoms with Crippen molar-refractivity contribution in [2.24, 2.45) is 5.92 Å². The van der Waals surface area contributed by atoms with E-state index in [-0.39, 0.29) is 43.3 Å². The molecule has 0 bridgehead atoms. The van der Waals surface area contributed by atoms with E-state index in [0.717, 1.165) is 16.7 Å². The Kier molecular flexibility index (Phi) is 11.2. The largest absolute Gasteiger partial charge is 0.480 e. The van der Waals surface area contributed by atoms with Gasteiger partial charge in [-0.2, -0.15) is 0 Å². The van der Waals surface area contributed by atoms with Gasteiger partial charge in [-0.15, -0.1) is 0 Å². The van der Waals surface area contributed by atoms with Gasteiger partial charge in [-0.05, 0) is 49.4 Å². The van der Waals surface area contributed by atoms with Gasteiger partial charge in [-0.25, -0.2) is 4.79 Å². The van der Waals surface area contributed by atoms with Gasteiger partial charge in [0.05, 0.1) is 16.4 Å². The van der Waals surface area contributed by atoms with Crippen LogP contribution in [0.1, 0.15) is 66.4 Å². The Hall–Kier alpha value is -4.06. The van der Waals surface area contributed by atoms with Crippen molar-refractivity contribution in [1.82, 2.24) is 20.5 Å². The van der Waals surface area contributed by atoms with Gasteiger partial charge in [0.15, 0.2) is 5.12 Å². The van der Waals surface area contributed by atoms with Crippen LogP contribution in [0.25, 0.3) is 0 Å². The highest BCUT2D eigenvalue weighted by molar-refractivity contribution is 8.14. The molecular formula is C29H34N4O7S. The predicted molar refractivity (Wildman–Crippen MR) is 152 cm³/mol. The number of carbonyl (C=O) groups excluding carboxylic acids is 5. The summed E-state index contributed by atoms with van der Waals surface area (Å²) in [5.41, 5.74) is 1.14. The summed E-state index contributed by atoms with van der Waals surface area (Å²) in [6.07, 6.45) is 2.15. The van der Waals surface area contributed by atoms with Crippen molar-refractivity contribution in [3.8, 4) is 0 Å². The molecule has 0 radical (unpaired) electrons. The maximum absolute atomic E-state index is 13.3. The smallest absolute Gasteiger partial charge is 0.326 e. The van der Waals surface area contributed by atoms with E-state index >= 15 is 0 Å². The maximum Gasteiger partial charge on any atom is 0.326 e. The van der Waals surface area contributed by atoms with Crippen molar-refractivity contribution in [2.45, 2.75) is 63.8 Å². The van der Waals surface area contributed by atoms with E-state index in [1.807, 2.05) is 13.8 Å². The number of hydrogen-bond acceptors (Lipinski definition) is 8. The third-order valence-corrected chi connectivity index (χ3v) is 7.49. The number of thioether (sulfide) groups is 1. The third-order valence-electron chi connectivity index (χ3n) is 6.42. The number of nitrogens with zero attached hydrogens (tertiary/aromatic N) is 2. The Morgan fingerprint density at radius 3 is 2.07 bits per heavy atom. The molecule has 1 aliphatic rings. The fourth-order valence-corrected chi connectivity index (χ4v) is 5.35. The summed E-state index contributed by atoms with van der Waals surface area (Å²) < 4.78 is 0. The highest BCUT2D eigenvalue weighted by Gasteiger charge is 2.35. The number of nitrogens with one attached hydrogen (secondary N) is 2. The minimum absolute atomic E-state index is 0.0159. The number of carbonyl (C=O) groups is 6. The Bertz CT molecular complexity index is 1270. The molecule has 1 unspecified atom stereocenters. The first-order valence-corrected chi connectivity index (χ1v) is 14.2. The summed E-state index contributed by atoms with van der Waals surface area (Å²) in [5, 5.41) is 13.7. The summed E-state index contributed by atoms with van der Waals surface area (Å²) in [4.78, 5) is 80.8. The lowest BCUT2D eigenvalue weighted by Gasteiger charge is -2.25. The number of imide groups is 1. The number of amides is 4. The van der Waals surface area contributed by atoms with Crippen LogP contribution in [-0.2, 0) is 25.6 Å². The number of rotatable bonds is 14. The minimum Gasteiger partial charge on any atom is -0.480 e. The summed E-state index contributed by atoms with van der Waals surface area (Å²) in [7, 11) is 0. The zero-order valence-electron chi connectivity index (χ0n) is 23.2. The van der Waals surface area contributed by atoms with E-state index in [1.54, 1.807) is 42.5 Å². The molecule has 0 fully saturated rings. The molecule has 2 heterocycles. The monoisotopic (exact) mass is 582 g/mol. The van der Waals surface area contributed by atoms with Crippen LogP contribution in [0, 0.1) is 5.92 Å². The minimum atomic E-state index is -1.26. The summed E-state index contributed by atoms with van der Waals surface area (Å²) >= 11 is 0.799. The van der Waals surface area contributed by atoms with Crippen molar-refractivity contribution in [3.05, 3.63) is 65.5 Å². The van der Waals surface area contributed by atoms with Crippen LogP contribution >= 0.6 is 11.8 Å². The van der Waals surface area contributed by atoms with Gasteiger partial charge >= 0.3 is 5.97 Å². The van der Waals surface area contributed by atoms with E-state index in [1.165, 1.54) is 13.1 Å². The highest BCUT2D eigenvalue weighted by atomic mass is 32.2. The van der Waals surface area contributed by atoms with Gasteiger partial charge in [-0.3, -0.25) is 33.9 Å². The first-order chi connectivity index (χ1) is 19.5. The van der Waals surface area contributed by atoms with Gasteiger partial charge in [0.1, 0.15) is 12.1 Å². The lowest BCUT2D eigenvalue weighted by molar-refractivity contribution is -0.142. The van der Waals surface area contributed by atoms with Gasteiger partial charge < -0.3 is 15.7 Å². The van der Waals surface area contributed by atoms with Crippen LogP contribution in [0.2, 0.25) is 0 Å². The standard InChI is InChI=1S/C29H34N4O7S/c1-17(2)15-22(25(35)32-23(29(39)40)16-19-9-6-7-13-30-19)31-26(36)24(41-18(3)34)12-8-14-33-27(37)20-10-4-5-11-21(20)28(33)38/h4-7,9-11,13,17,22-24H,8,12,14-16H2,1-3H3,(H,31,36)(H,32,35)(H,39,40)/t22-,23-,24?/m0/s1. The molecule has 12 heteroatoms. The Labute approximate surface area is 242 Å². The molecule has 0 spiro atoms. The molecule has 1 aliphatic heterocycles. The SMILES string of the molecule is CC(=O)SC(CCCN1C(=O)c2ccccc2C1=O)C(=O)N[C@@H](CC(C)C)C(=O)N[C@@H](Cc1ccccn1)C(=O)O. The fourth-order valence-electron chi connectivity index (χ4n) is 4.49. The van der Waals surface area contributed by atoms with Crippen molar-refractivity contribution in [1.29, 1.82) is 0 Å². The number of fused-ring (bicyclic) bond motifs is 1. The zero-order valence-corrected chi connectivity index (χ0v) is 24.0. The lowest BCUT2D eigenvalue weighted by atomic mass is 10.0. The summed E-state index contributed by atoms with van der Waals surface area (Å²) in [6.45, 7) is 5.11. The molecular weight excluding hydrogens is 548 g/mol. The Balaban J connectivity index is 1.65. The normalized spacial score (nSPS) is 14.8. The average molecular weight is 583 g/mol. The number of pyridine rings is 1. The lowest BCUT2D eigenvalue weighted by Crippen LogP contribution is -2.54. The topological polar surface area (TPSA) is 163 Å². The molecule has 1 aromatic carbocycles. The van der Waals surface area contributed by atoms with Crippen LogP contribution in [0.3, 0.4) is 0 Å². The molecule has 41 heavy (non-hydrogen) atoms. The fraction of sp³-hybridized carbons (Fsp3) is 0.414. The molecule has 11 nitrogen and oxygen atoms in total. The number of benzene rings is 1. The molecule has 218 valence electrons. The summed E-state index contributed by atoms with van der Waals surface area (Å²) in [5.74, 6) is -3.29. The van der Waals surface area contributed by atoms with Crippen LogP contribution in [0.4, 0.5) is 0 Å². The predicted octanol–water partition coefficient (Wildman–Crippen LogP) is 2.45. The Morgan fingerprint density at radius 1 is 0.927 bits per heavy atom. The van der Waals surface area contributed by atoms with Crippen LogP contribution in [0.15, 0.2) is 48.7 Å². The first-order valence-electron chi connectivity index (χ1n) is 13.3. The Morgan fingerprint density at radius 2 is 1.54 bits per heavy atom. The van der Waals surface area contributed by atoms with Gasteiger partial charge in [0.25, 0.3) is 11.8 Å². The number of carboxylic acid groups (broad SMARTS) is 1. The average Bonchev–Trinajstić information content (AvgIpc) is 3.16. The molecule has 3 rings (SSSR count). The number of hydrogen-bond donors (Lipinski definition) is 3. The van der Waals surface area contributed by atoms with Crippen LogP contribution in [-0.4, -0.2) is 73.6 Å². The number of aliphatic carboxylic acids is 1. The first kappa shape index (κ1) is 31.5. The molecule has 3 N–H and O–H groups in total. The zero-order chi connectivity index (χ0) is 30.1. The number of aromatic nitrogens is 1. The second kappa shape index (κ2) is 14.5. The molecule has 0 saturated carbocycles. The van der Waals surface area contributed by atoms with Gasteiger partial charge in [0, 0.05) is 31.8 Å². The van der Waals surface area contributed by atoms with E-state index in [4.69, 9.17) is 0 Å². The maximum atomic E-state index is 13.3. The van der Waals surface area contributed by atoms with E-state index in [9.17, 15) is 33.9 Å². The second-order valence-electron chi connectivity index (χ2n) is 10.2. The van der Waals surface area contributed by atoms with Crippen LogP contribution in [0.5, 0.6) is 0 Å². The second-order valence-corrected chi connectivity index (χ2v) is 11.5. The molecule has 3 atom stereocenters. The molecule has 4 amide bonds. The molecule has 1 aromatic heterocycles. The van der Waals surface area contributed by atoms with Crippen molar-refractivity contribution in [3.63, 3.8) is 0 Å². The van der Waals surface area contributed by atoms with Crippen molar-refractivity contribution < 1.29 is 33.9 Å². The molecule has 0 saturated heterocycles. The van der Waals surface area contributed by atoms with Crippen LogP contribution < -0.4 is 10.6 Å². The number of carboxylic acids is 1. The molecule has 2 aromatic rings. The van der Waals surface area contributed by atoms with Crippen molar-refractivity contribution >= 4 is 46.5 Å². The van der Waals surface area contributed by atoms with E-state index in [0.29, 0.717) is 16.8 Å². The summed E-state index contributed by atoms with van der Waals surface area (Å²) in [6, 6.07) is 9.29. The van der Waals surface area contributed by atoms with Crippen molar-refractivity contribution in [2.75, 3.05) is 6.54 Å². The van der Waals surface area contributed by atoms with Gasteiger partial charge in [-0.1, -0.05) is 43.8 Å². The molecule has 0 aliphatic carbocycles.